The molecule has 0 aliphatic rings. The smallest absolute Gasteiger partial charge is 0.0589 e. The lowest BCUT2D eigenvalue weighted by Gasteiger charge is -2.17. The van der Waals surface area contributed by atoms with Gasteiger partial charge in [-0.1, -0.05) is 44.0 Å². The predicted molar refractivity (Wildman–Crippen MR) is 84.7 cm³/mol. The molecule has 0 aliphatic carbocycles. The van der Waals surface area contributed by atoms with E-state index in [-0.39, 0.29) is 6.04 Å². The van der Waals surface area contributed by atoms with Gasteiger partial charge in [-0.15, -0.1) is 0 Å². The summed E-state index contributed by atoms with van der Waals surface area (Å²) in [6, 6.07) is 14.3. The van der Waals surface area contributed by atoms with Crippen molar-refractivity contribution in [1.29, 1.82) is 0 Å². The first-order valence-electron chi connectivity index (χ1n) is 5.63. The van der Waals surface area contributed by atoms with Gasteiger partial charge in [0.2, 0.25) is 0 Å². The lowest BCUT2D eigenvalue weighted by molar-refractivity contribution is 0.885. The second kappa shape index (κ2) is 5.76. The zero-order chi connectivity index (χ0) is 13.1. The van der Waals surface area contributed by atoms with Crippen molar-refractivity contribution in [3.8, 4) is 0 Å². The Balaban J connectivity index is 2.18. The minimum absolute atomic E-state index is 0.203. The van der Waals surface area contributed by atoms with E-state index in [0.29, 0.717) is 0 Å². The molecule has 0 aliphatic heterocycles. The highest BCUT2D eigenvalue weighted by Gasteiger charge is 2.07. The van der Waals surface area contributed by atoms with Crippen LogP contribution < -0.4 is 11.1 Å². The van der Waals surface area contributed by atoms with Gasteiger partial charge in [0.05, 0.1) is 11.4 Å². The predicted octanol–water partition coefficient (Wildman–Crippen LogP) is 4.97. The first-order valence-corrected chi connectivity index (χ1v) is 7.22. The molecule has 1 unspecified atom stereocenters. The molecule has 3 N–H and O–H groups in total. The molecule has 0 amide bonds. The normalized spacial score (nSPS) is 12.2. The third-order valence-electron chi connectivity index (χ3n) is 2.76. The molecule has 1 atom stereocenters. The average Bonchev–Trinajstić information content (AvgIpc) is 2.34. The molecule has 0 fully saturated rings. The van der Waals surface area contributed by atoms with Crippen molar-refractivity contribution >= 4 is 43.2 Å². The Morgan fingerprint density at radius 3 is 2.28 bits per heavy atom. The minimum Gasteiger partial charge on any atom is -0.397 e. The summed E-state index contributed by atoms with van der Waals surface area (Å²) >= 11 is 6.89. The zero-order valence-electron chi connectivity index (χ0n) is 9.95. The largest absolute Gasteiger partial charge is 0.397 e. The quantitative estimate of drug-likeness (QED) is 0.749. The molecule has 0 saturated carbocycles. The maximum absolute atomic E-state index is 5.95. The van der Waals surface area contributed by atoms with Crippen LogP contribution in [0.5, 0.6) is 0 Å². The Morgan fingerprint density at radius 2 is 1.61 bits per heavy atom. The van der Waals surface area contributed by atoms with Crippen LogP contribution in [0.25, 0.3) is 0 Å². The van der Waals surface area contributed by atoms with E-state index in [2.05, 4.69) is 56.2 Å². The fourth-order valence-corrected chi connectivity index (χ4v) is 2.35. The summed E-state index contributed by atoms with van der Waals surface area (Å²) < 4.78 is 2.10. The van der Waals surface area contributed by atoms with Crippen LogP contribution in [-0.4, -0.2) is 0 Å². The van der Waals surface area contributed by atoms with E-state index in [9.17, 15) is 0 Å². The van der Waals surface area contributed by atoms with Crippen molar-refractivity contribution in [2.24, 2.45) is 0 Å². The summed E-state index contributed by atoms with van der Waals surface area (Å²) in [5, 5.41) is 3.42. The van der Waals surface area contributed by atoms with Gasteiger partial charge in [0, 0.05) is 15.0 Å². The zero-order valence-corrected chi connectivity index (χ0v) is 13.1. The summed E-state index contributed by atoms with van der Waals surface area (Å²) in [5.74, 6) is 0. The molecule has 0 aromatic heterocycles. The molecule has 0 heterocycles. The molecule has 18 heavy (non-hydrogen) atoms. The first-order chi connectivity index (χ1) is 8.56. The standard InChI is InChI=1S/C14H14Br2N2/c1-9(10-2-4-11(15)5-3-10)18-14-8-12(16)6-7-13(14)17/h2-9,18H,17H2,1H3. The third kappa shape index (κ3) is 3.27. The van der Waals surface area contributed by atoms with Gasteiger partial charge in [-0.25, -0.2) is 0 Å². The fourth-order valence-electron chi connectivity index (χ4n) is 1.72. The van der Waals surface area contributed by atoms with Crippen molar-refractivity contribution in [3.63, 3.8) is 0 Å². The monoisotopic (exact) mass is 368 g/mol. The number of nitrogens with two attached hydrogens (primary N) is 1. The topological polar surface area (TPSA) is 38.0 Å². The number of hydrogen-bond acceptors (Lipinski definition) is 2. The number of nitrogen functional groups attached to an aromatic ring is 1. The Morgan fingerprint density at radius 1 is 1.00 bits per heavy atom. The number of rotatable bonds is 3. The lowest BCUT2D eigenvalue weighted by Crippen LogP contribution is -2.08. The fraction of sp³-hybridized carbons (Fsp3) is 0.143. The average molecular weight is 370 g/mol. The van der Waals surface area contributed by atoms with Crippen LogP contribution in [0.3, 0.4) is 0 Å². The number of benzene rings is 2. The molecule has 0 radical (unpaired) electrons. The summed E-state index contributed by atoms with van der Waals surface area (Å²) in [7, 11) is 0. The maximum Gasteiger partial charge on any atom is 0.0589 e. The number of nitrogens with one attached hydrogen (secondary N) is 1. The van der Waals surface area contributed by atoms with Gasteiger partial charge in [-0.3, -0.25) is 0 Å². The Kier molecular flexibility index (Phi) is 4.30. The van der Waals surface area contributed by atoms with Gasteiger partial charge < -0.3 is 11.1 Å². The second-order valence-corrected chi connectivity index (χ2v) is 5.98. The van der Waals surface area contributed by atoms with Gasteiger partial charge in [-0.05, 0) is 42.8 Å². The molecule has 0 spiro atoms. The molecule has 4 heteroatoms. The highest BCUT2D eigenvalue weighted by Crippen LogP contribution is 2.27. The van der Waals surface area contributed by atoms with Crippen molar-refractivity contribution in [2.75, 3.05) is 11.1 Å². The Bertz CT molecular complexity index is 538. The minimum atomic E-state index is 0.203. The molecule has 2 aromatic rings. The molecule has 2 aromatic carbocycles. The molecule has 94 valence electrons. The van der Waals surface area contributed by atoms with E-state index in [1.165, 1.54) is 5.56 Å². The number of halogens is 2. The SMILES string of the molecule is CC(Nc1cc(Br)ccc1N)c1ccc(Br)cc1. The molecule has 0 bridgehead atoms. The van der Waals surface area contributed by atoms with Gasteiger partial charge >= 0.3 is 0 Å². The van der Waals surface area contributed by atoms with Crippen LogP contribution in [0.2, 0.25) is 0 Å². The van der Waals surface area contributed by atoms with E-state index in [4.69, 9.17) is 5.73 Å². The van der Waals surface area contributed by atoms with Gasteiger partial charge in [0.1, 0.15) is 0 Å². The van der Waals surface area contributed by atoms with Crippen LogP contribution in [0.1, 0.15) is 18.5 Å². The van der Waals surface area contributed by atoms with Crippen LogP contribution in [0.15, 0.2) is 51.4 Å². The lowest BCUT2D eigenvalue weighted by atomic mass is 10.1. The van der Waals surface area contributed by atoms with Crippen molar-refractivity contribution in [3.05, 3.63) is 57.0 Å². The number of anilines is 2. The third-order valence-corrected chi connectivity index (χ3v) is 3.78. The molecule has 2 nitrogen and oxygen atoms in total. The second-order valence-electron chi connectivity index (χ2n) is 4.15. The molecule has 0 saturated heterocycles. The van der Waals surface area contributed by atoms with Crippen molar-refractivity contribution in [2.45, 2.75) is 13.0 Å². The summed E-state index contributed by atoms with van der Waals surface area (Å²) in [4.78, 5) is 0. The summed E-state index contributed by atoms with van der Waals surface area (Å²) in [5.41, 5.74) is 8.87. The molecular weight excluding hydrogens is 356 g/mol. The van der Waals surface area contributed by atoms with E-state index in [1.807, 2.05) is 30.3 Å². The summed E-state index contributed by atoms with van der Waals surface area (Å²) in [6.45, 7) is 2.11. The van der Waals surface area contributed by atoms with E-state index >= 15 is 0 Å². The van der Waals surface area contributed by atoms with E-state index in [0.717, 1.165) is 20.3 Å². The van der Waals surface area contributed by atoms with Crippen LogP contribution in [0.4, 0.5) is 11.4 Å². The highest BCUT2D eigenvalue weighted by molar-refractivity contribution is 9.10. The van der Waals surface area contributed by atoms with E-state index in [1.54, 1.807) is 0 Å². The molecule has 2 rings (SSSR count). The highest BCUT2D eigenvalue weighted by atomic mass is 79.9. The van der Waals surface area contributed by atoms with Gasteiger partial charge in [0.25, 0.3) is 0 Å². The van der Waals surface area contributed by atoms with Crippen molar-refractivity contribution in [1.82, 2.24) is 0 Å². The maximum atomic E-state index is 5.95. The van der Waals surface area contributed by atoms with Crippen molar-refractivity contribution < 1.29 is 0 Å². The van der Waals surface area contributed by atoms with Crippen LogP contribution in [-0.2, 0) is 0 Å². The number of hydrogen-bond donors (Lipinski definition) is 2. The van der Waals surface area contributed by atoms with E-state index < -0.39 is 0 Å². The Hall–Kier alpha value is -1.00. The van der Waals surface area contributed by atoms with Gasteiger partial charge in [0.15, 0.2) is 0 Å². The van der Waals surface area contributed by atoms with Gasteiger partial charge in [-0.2, -0.15) is 0 Å². The van der Waals surface area contributed by atoms with Crippen LogP contribution in [0, 0.1) is 0 Å². The Labute approximate surface area is 124 Å². The molecular formula is C14H14Br2N2. The first kappa shape index (κ1) is 13.4. The summed E-state index contributed by atoms with van der Waals surface area (Å²) in [6.07, 6.45) is 0. The van der Waals surface area contributed by atoms with Crippen LogP contribution >= 0.6 is 31.9 Å².